The van der Waals surface area contributed by atoms with Crippen LogP contribution in [0.3, 0.4) is 0 Å². The van der Waals surface area contributed by atoms with Crippen LogP contribution in [0.15, 0.2) is 9.66 Å². The van der Waals surface area contributed by atoms with Gasteiger partial charge in [-0.25, -0.2) is 0 Å². The molecule has 0 fully saturated rings. The van der Waals surface area contributed by atoms with E-state index in [1.54, 1.807) is 0 Å². The van der Waals surface area contributed by atoms with Crippen LogP contribution in [0, 0.1) is 0 Å². The quantitative estimate of drug-likeness (QED) is 0.199. The second kappa shape index (κ2) is 7.96. The molecule has 0 saturated carbocycles. The van der Waals surface area contributed by atoms with Crippen LogP contribution in [-0.2, 0) is 0 Å². The summed E-state index contributed by atoms with van der Waals surface area (Å²) >= 11 is 16.7. The van der Waals surface area contributed by atoms with Crippen LogP contribution >= 0.6 is 181 Å². The van der Waals surface area contributed by atoms with Gasteiger partial charge in [0.15, 0.2) is 0 Å². The molecule has 0 rings (SSSR count). The first-order valence-electron chi connectivity index (χ1n) is 3.41. The first-order chi connectivity index (χ1) is 7.13. The molecule has 0 aliphatic carbocycles. The maximum absolute atomic E-state index is 12.6. The van der Waals surface area contributed by atoms with Crippen molar-refractivity contribution in [1.29, 1.82) is 0 Å². The van der Waals surface area contributed by atoms with Crippen LogP contribution in [0.2, 0.25) is 0 Å². The third kappa shape index (κ3) is 6.79. The molecule has 0 aliphatic rings. The van der Waals surface area contributed by atoms with Crippen molar-refractivity contribution in [2.24, 2.45) is 0 Å². The van der Waals surface area contributed by atoms with Gasteiger partial charge in [0.2, 0.25) is 0 Å². The molecule has 17 heavy (non-hydrogen) atoms. The van der Waals surface area contributed by atoms with Crippen molar-refractivity contribution >= 4 is 181 Å². The molecule has 0 atom stereocenters. The molecule has 11 heteroatoms. The molecule has 0 aliphatic heterocycles. The molecule has 0 nitrogen and oxygen atoms in total. The van der Waals surface area contributed by atoms with E-state index in [1.807, 2.05) is 0 Å². The molecule has 0 aromatic rings. The zero-order valence-electron chi connectivity index (χ0n) is 7.23. The predicted molar refractivity (Wildman–Crippen MR) is 134 cm³/mol. The highest BCUT2D eigenvalue weighted by molar-refractivity contribution is 14.3. The lowest BCUT2D eigenvalue weighted by atomic mass is 10.3. The molecule has 0 aromatic carbocycles. The molecule has 0 spiro atoms. The Balaban J connectivity index is 5.45. The van der Waals surface area contributed by atoms with Crippen molar-refractivity contribution in [2.75, 3.05) is 0 Å². The first-order valence-corrected chi connectivity index (χ1v) is 12.0. The van der Waals surface area contributed by atoms with Gasteiger partial charge in [-0.2, -0.15) is 13.2 Å². The van der Waals surface area contributed by atoms with Crippen LogP contribution in [0.4, 0.5) is 13.2 Å². The zero-order chi connectivity index (χ0) is 14.3. The van der Waals surface area contributed by atoms with Gasteiger partial charge in [-0.3, -0.25) is 0 Å². The fourth-order valence-electron chi connectivity index (χ4n) is 0.521. The smallest absolute Gasteiger partial charge is 0.166 e. The fraction of sp³-hybridized carbons (Fsp3) is 0.667. The van der Waals surface area contributed by atoms with Gasteiger partial charge in [-0.1, -0.05) is 158 Å². The molecule has 0 saturated heterocycles. The van der Waals surface area contributed by atoms with Gasteiger partial charge < -0.3 is 0 Å². The van der Waals surface area contributed by atoms with Crippen LogP contribution in [0.1, 0.15) is 0 Å². The van der Waals surface area contributed by atoms with Gasteiger partial charge in [0.25, 0.3) is 0 Å². The van der Waals surface area contributed by atoms with E-state index in [4.69, 9.17) is 0 Å². The van der Waals surface area contributed by atoms with E-state index in [0.717, 1.165) is 0 Å². The summed E-state index contributed by atoms with van der Waals surface area (Å²) in [7, 11) is 0. The highest BCUT2D eigenvalue weighted by atomic mass is 127. The molecular weight excluding hydrogens is 1140 g/mol. The van der Waals surface area contributed by atoms with E-state index in [1.165, 1.54) is 28.7 Å². The second-order valence-corrected chi connectivity index (χ2v) is 25.7. The van der Waals surface area contributed by atoms with E-state index < -0.39 is 11.2 Å². The topological polar surface area (TPSA) is 0 Å². The average molecular weight is 1150 g/mol. The zero-order valence-corrected chi connectivity index (χ0v) is 24.5. The van der Waals surface area contributed by atoms with Crippen LogP contribution in [-0.4, -0.2) is 8.47 Å². The maximum atomic E-state index is 12.6. The summed E-state index contributed by atoms with van der Waals surface area (Å²) < 4.78 is 35.9. The van der Waals surface area contributed by atoms with Crippen molar-refractivity contribution in [2.45, 2.75) is 8.47 Å². The largest absolute Gasteiger partial charge is 0.421 e. The van der Waals surface area contributed by atoms with Crippen molar-refractivity contribution in [3.05, 3.63) is 9.66 Å². The molecule has 0 amide bonds. The summed E-state index contributed by atoms with van der Waals surface area (Å²) in [4.78, 5) is 0. The minimum absolute atomic E-state index is 0.206. The third-order valence-electron chi connectivity index (χ3n) is 1.35. The lowest BCUT2D eigenvalue weighted by Crippen LogP contribution is -2.42. The highest BCUT2D eigenvalue weighted by Crippen LogP contribution is 2.65. The van der Waals surface area contributed by atoms with E-state index in [0.29, 0.717) is 0 Å². The Morgan fingerprint density at radius 1 is 0.824 bits per heavy atom. The first kappa shape index (κ1) is 22.4. The normalized spacial score (nSPS) is 16.3. The molecule has 0 heterocycles. The van der Waals surface area contributed by atoms with Gasteiger partial charge in [-0.05, 0) is 28.7 Å². The predicted octanol–water partition coefficient (Wildman–Crippen LogP) is 7.96. The van der Waals surface area contributed by atoms with Crippen molar-refractivity contribution in [3.63, 3.8) is 0 Å². The number of alkyl halides is 10. The standard InChI is InChI=1S/C6HF3I8/c7-4(8,9)2(10)1-3(11,12)5(13,14)6(15,16)17/h1H. The van der Waals surface area contributed by atoms with Crippen molar-refractivity contribution < 1.29 is 13.2 Å². The number of hydrogen-bond acceptors (Lipinski definition) is 0. The maximum Gasteiger partial charge on any atom is 0.421 e. The van der Waals surface area contributed by atoms with Gasteiger partial charge in [-0.15, -0.1) is 0 Å². The SMILES string of the molecule is FC(F)(F)C(I)=CC(I)(I)C(I)(I)C(I)(I)I. The Morgan fingerprint density at radius 3 is 1.41 bits per heavy atom. The van der Waals surface area contributed by atoms with Gasteiger partial charge in [0.05, 0.1) is 3.58 Å². The molecule has 0 radical (unpaired) electrons. The van der Waals surface area contributed by atoms with Crippen molar-refractivity contribution in [1.82, 2.24) is 0 Å². The van der Waals surface area contributed by atoms with E-state index >= 15 is 0 Å². The summed E-state index contributed by atoms with van der Waals surface area (Å²) in [5.41, 5.74) is 0. The Kier molecular flexibility index (Phi) is 10.5. The van der Waals surface area contributed by atoms with Crippen LogP contribution in [0.25, 0.3) is 0 Å². The minimum atomic E-state index is -4.27. The van der Waals surface area contributed by atoms with E-state index in [9.17, 15) is 13.2 Å². The van der Waals surface area contributed by atoms with Crippen LogP contribution < -0.4 is 0 Å². The third-order valence-corrected chi connectivity index (χ3v) is 20.6. The molecule has 0 unspecified atom stereocenters. The summed E-state index contributed by atoms with van der Waals surface area (Å²) in [6, 6.07) is 0. The minimum Gasteiger partial charge on any atom is -0.166 e. The molecule has 0 aromatic heterocycles. The van der Waals surface area contributed by atoms with Crippen molar-refractivity contribution in [3.8, 4) is 0 Å². The number of halogens is 11. The van der Waals surface area contributed by atoms with Crippen LogP contribution in [0.5, 0.6) is 0 Å². The van der Waals surface area contributed by atoms with E-state index in [-0.39, 0.29) is 0.864 Å². The van der Waals surface area contributed by atoms with Gasteiger partial charge in [0, 0.05) is 0 Å². The Morgan fingerprint density at radius 2 is 1.18 bits per heavy atom. The molecular formula is C6HF3I8. The average Bonchev–Trinajstić information content (AvgIpc) is 1.98. The lowest BCUT2D eigenvalue weighted by Gasteiger charge is -2.39. The molecule has 102 valence electrons. The monoisotopic (exact) mass is 1150 g/mol. The molecule has 0 N–H and O–H groups in total. The van der Waals surface area contributed by atoms with Gasteiger partial charge in [0.1, 0.15) is 2.29 Å². The summed E-state index contributed by atoms with van der Waals surface area (Å²) in [6.07, 6.45) is -2.98. The lowest BCUT2D eigenvalue weighted by molar-refractivity contribution is -0.0819. The Labute approximate surface area is 206 Å². The highest BCUT2D eigenvalue weighted by Gasteiger charge is 2.55. The Bertz CT molecular complexity index is 312. The summed E-state index contributed by atoms with van der Waals surface area (Å²) in [5, 5.41) is 0. The summed E-state index contributed by atoms with van der Waals surface area (Å²) in [6.45, 7) is 0. The van der Waals surface area contributed by atoms with Gasteiger partial charge >= 0.3 is 6.18 Å². The Hall–Kier alpha value is 5.37. The number of rotatable bonds is 3. The second-order valence-electron chi connectivity index (χ2n) is 2.69. The number of allylic oxidation sites excluding steroid dienone is 2. The number of hydrogen-bond donors (Lipinski definition) is 0. The van der Waals surface area contributed by atoms with E-state index in [2.05, 4.69) is 158 Å². The fourth-order valence-corrected chi connectivity index (χ4v) is 8.30. The molecule has 0 bridgehead atoms. The summed E-state index contributed by atoms with van der Waals surface area (Å²) in [5.74, 6) is 0.